The zero-order chi connectivity index (χ0) is 23.5. The second-order valence-electron chi connectivity index (χ2n) is 8.37. The van der Waals surface area contributed by atoms with E-state index in [4.69, 9.17) is 0 Å². The van der Waals surface area contributed by atoms with Crippen molar-refractivity contribution in [1.82, 2.24) is 19.8 Å². The molecule has 1 heterocycles. The van der Waals surface area contributed by atoms with Gasteiger partial charge in [-0.05, 0) is 51.0 Å². The number of amides is 3. The Morgan fingerprint density at radius 3 is 2.12 bits per heavy atom. The van der Waals surface area contributed by atoms with E-state index in [1.165, 1.54) is 38.1 Å². The molecule has 1 saturated heterocycles. The van der Waals surface area contributed by atoms with Crippen molar-refractivity contribution in [2.24, 2.45) is 0 Å². The molecule has 1 unspecified atom stereocenters. The van der Waals surface area contributed by atoms with Crippen molar-refractivity contribution in [1.29, 1.82) is 0 Å². The normalized spacial score (nSPS) is 19.2. The molecule has 32 heavy (non-hydrogen) atoms. The first-order valence-corrected chi connectivity index (χ1v) is 12.3. The number of carbonyl (C=O) groups excluding carboxylic acids is 3. The predicted molar refractivity (Wildman–Crippen MR) is 119 cm³/mol. The molecule has 2 atom stereocenters. The summed E-state index contributed by atoms with van der Waals surface area (Å²) >= 11 is 0. The Morgan fingerprint density at radius 1 is 1.00 bits per heavy atom. The van der Waals surface area contributed by atoms with Crippen LogP contribution in [0, 0.1) is 0 Å². The highest BCUT2D eigenvalue weighted by Crippen LogP contribution is 2.19. The molecule has 176 valence electrons. The van der Waals surface area contributed by atoms with Crippen molar-refractivity contribution in [3.63, 3.8) is 0 Å². The number of piperazine rings is 1. The van der Waals surface area contributed by atoms with Gasteiger partial charge in [-0.1, -0.05) is 0 Å². The third-order valence-corrected chi connectivity index (χ3v) is 7.22. The zero-order valence-corrected chi connectivity index (χ0v) is 19.4. The van der Waals surface area contributed by atoms with E-state index >= 15 is 0 Å². The lowest BCUT2D eigenvalue weighted by Crippen LogP contribution is -2.57. The standard InChI is InChI=1S/C21H31N5O5S/c1-14(24-32(30,31)19-8-6-17(7-9-19)22-16(3)27)21(29)26-12-10-25(11-13-26)15(2)20(28)23-18-4-5-18/h6-9,14-15,18,24H,4-5,10-13H2,1-3H3,(H,22,27)(H,23,28)/t14-,15?/m0/s1. The van der Waals surface area contributed by atoms with Crippen molar-refractivity contribution < 1.29 is 22.8 Å². The molecule has 2 aliphatic rings. The van der Waals surface area contributed by atoms with E-state index in [0.717, 1.165) is 12.8 Å². The van der Waals surface area contributed by atoms with Crippen LogP contribution in [0.5, 0.6) is 0 Å². The van der Waals surface area contributed by atoms with E-state index in [9.17, 15) is 22.8 Å². The quantitative estimate of drug-likeness (QED) is 0.501. The van der Waals surface area contributed by atoms with Gasteiger partial charge in [0.2, 0.25) is 27.7 Å². The summed E-state index contributed by atoms with van der Waals surface area (Å²) < 4.78 is 27.7. The lowest BCUT2D eigenvalue weighted by molar-refractivity contribution is -0.135. The first-order chi connectivity index (χ1) is 15.1. The zero-order valence-electron chi connectivity index (χ0n) is 18.6. The summed E-state index contributed by atoms with van der Waals surface area (Å²) in [4.78, 5) is 39.8. The van der Waals surface area contributed by atoms with Crippen LogP contribution in [0.15, 0.2) is 29.2 Å². The molecule has 1 aliphatic heterocycles. The summed E-state index contributed by atoms with van der Waals surface area (Å²) in [7, 11) is -3.90. The van der Waals surface area contributed by atoms with Gasteiger partial charge in [0.15, 0.2) is 0 Å². The molecule has 1 aromatic rings. The van der Waals surface area contributed by atoms with E-state index in [-0.39, 0.29) is 28.7 Å². The summed E-state index contributed by atoms with van der Waals surface area (Å²) in [5.41, 5.74) is 0.485. The Balaban J connectivity index is 1.51. The maximum atomic E-state index is 12.8. The van der Waals surface area contributed by atoms with Gasteiger partial charge in [0, 0.05) is 44.8 Å². The number of nitrogens with zero attached hydrogens (tertiary/aromatic N) is 2. The summed E-state index contributed by atoms with van der Waals surface area (Å²) in [5, 5.41) is 5.57. The molecule has 0 spiro atoms. The molecule has 3 rings (SSSR count). The lowest BCUT2D eigenvalue weighted by Gasteiger charge is -2.38. The van der Waals surface area contributed by atoms with Crippen LogP contribution in [-0.4, -0.2) is 80.2 Å². The summed E-state index contributed by atoms with van der Waals surface area (Å²) in [6.07, 6.45) is 2.07. The summed E-state index contributed by atoms with van der Waals surface area (Å²) in [6, 6.07) is 4.84. The van der Waals surface area contributed by atoms with Crippen LogP contribution in [-0.2, 0) is 24.4 Å². The topological polar surface area (TPSA) is 128 Å². The smallest absolute Gasteiger partial charge is 0.241 e. The van der Waals surface area contributed by atoms with Crippen LogP contribution in [0.4, 0.5) is 5.69 Å². The Kier molecular flexibility index (Phi) is 7.52. The highest BCUT2D eigenvalue weighted by molar-refractivity contribution is 7.89. The average molecular weight is 466 g/mol. The highest BCUT2D eigenvalue weighted by atomic mass is 32.2. The number of benzene rings is 1. The lowest BCUT2D eigenvalue weighted by atomic mass is 10.2. The monoisotopic (exact) mass is 465 g/mol. The minimum absolute atomic E-state index is 0.00608. The molecule has 11 heteroatoms. The predicted octanol–water partition coefficient (Wildman–Crippen LogP) is 0.123. The average Bonchev–Trinajstić information content (AvgIpc) is 3.56. The molecule has 0 bridgehead atoms. The van der Waals surface area contributed by atoms with Crippen LogP contribution in [0.25, 0.3) is 0 Å². The van der Waals surface area contributed by atoms with Gasteiger partial charge in [0.05, 0.1) is 17.0 Å². The van der Waals surface area contributed by atoms with Crippen molar-refractivity contribution in [3.05, 3.63) is 24.3 Å². The van der Waals surface area contributed by atoms with Gasteiger partial charge in [-0.25, -0.2) is 8.42 Å². The molecular formula is C21H31N5O5S. The maximum Gasteiger partial charge on any atom is 0.241 e. The van der Waals surface area contributed by atoms with Crippen LogP contribution in [0.2, 0.25) is 0 Å². The minimum atomic E-state index is -3.90. The van der Waals surface area contributed by atoms with Gasteiger partial charge < -0.3 is 15.5 Å². The SMILES string of the molecule is CC(=O)Nc1ccc(S(=O)(=O)N[C@@H](C)C(=O)N2CCN(C(C)C(=O)NC3CC3)CC2)cc1. The van der Waals surface area contributed by atoms with Crippen LogP contribution >= 0.6 is 0 Å². The molecular weight excluding hydrogens is 434 g/mol. The molecule has 0 radical (unpaired) electrons. The first kappa shape index (κ1) is 24.1. The Hall–Kier alpha value is -2.50. The fourth-order valence-corrected chi connectivity index (χ4v) is 4.79. The number of carbonyl (C=O) groups is 3. The molecule has 10 nitrogen and oxygen atoms in total. The van der Waals surface area contributed by atoms with Crippen molar-refractivity contribution in [2.45, 2.75) is 56.6 Å². The van der Waals surface area contributed by atoms with E-state index in [0.29, 0.717) is 37.9 Å². The molecule has 1 aromatic carbocycles. The number of sulfonamides is 1. The number of rotatable bonds is 8. The summed E-state index contributed by atoms with van der Waals surface area (Å²) in [5.74, 6) is -0.549. The van der Waals surface area contributed by atoms with Gasteiger partial charge in [-0.15, -0.1) is 0 Å². The van der Waals surface area contributed by atoms with Gasteiger partial charge in [0.1, 0.15) is 0 Å². The van der Waals surface area contributed by atoms with Crippen molar-refractivity contribution >= 4 is 33.4 Å². The third kappa shape index (κ3) is 6.27. The van der Waals surface area contributed by atoms with Crippen LogP contribution < -0.4 is 15.4 Å². The van der Waals surface area contributed by atoms with Gasteiger partial charge in [0.25, 0.3) is 0 Å². The van der Waals surface area contributed by atoms with E-state index in [2.05, 4.69) is 15.4 Å². The molecule has 3 N–H and O–H groups in total. The summed E-state index contributed by atoms with van der Waals surface area (Å²) in [6.45, 7) is 6.70. The Morgan fingerprint density at radius 2 is 1.59 bits per heavy atom. The number of nitrogens with one attached hydrogen (secondary N) is 3. The van der Waals surface area contributed by atoms with Gasteiger partial charge in [-0.2, -0.15) is 4.72 Å². The van der Waals surface area contributed by atoms with Gasteiger partial charge >= 0.3 is 0 Å². The second kappa shape index (κ2) is 9.97. The van der Waals surface area contributed by atoms with Crippen LogP contribution in [0.1, 0.15) is 33.6 Å². The molecule has 2 fully saturated rings. The first-order valence-electron chi connectivity index (χ1n) is 10.8. The number of anilines is 1. The van der Waals surface area contributed by atoms with E-state index in [1.807, 2.05) is 11.8 Å². The van der Waals surface area contributed by atoms with E-state index < -0.39 is 16.1 Å². The second-order valence-corrected chi connectivity index (χ2v) is 10.1. The number of hydrogen-bond acceptors (Lipinski definition) is 6. The molecule has 1 saturated carbocycles. The van der Waals surface area contributed by atoms with Crippen LogP contribution in [0.3, 0.4) is 0 Å². The largest absolute Gasteiger partial charge is 0.352 e. The molecule has 0 aromatic heterocycles. The fourth-order valence-electron chi connectivity index (χ4n) is 3.59. The number of hydrogen-bond donors (Lipinski definition) is 3. The van der Waals surface area contributed by atoms with E-state index in [1.54, 1.807) is 4.90 Å². The third-order valence-electron chi connectivity index (χ3n) is 5.66. The highest BCUT2D eigenvalue weighted by Gasteiger charge is 2.32. The Bertz CT molecular complexity index is 953. The molecule has 3 amide bonds. The fraction of sp³-hybridized carbons (Fsp3) is 0.571. The van der Waals surface area contributed by atoms with Crippen molar-refractivity contribution in [3.8, 4) is 0 Å². The Labute approximate surface area is 188 Å². The van der Waals surface area contributed by atoms with Crippen molar-refractivity contribution in [2.75, 3.05) is 31.5 Å². The van der Waals surface area contributed by atoms with Gasteiger partial charge in [-0.3, -0.25) is 19.3 Å². The molecule has 1 aliphatic carbocycles. The minimum Gasteiger partial charge on any atom is -0.352 e. The maximum absolute atomic E-state index is 12.8.